The molecule has 1 aromatic carbocycles. The van der Waals surface area contributed by atoms with Crippen LogP contribution in [0.1, 0.15) is 11.4 Å². The monoisotopic (exact) mass is 323 g/mol. The zero-order chi connectivity index (χ0) is 17.1. The summed E-state index contributed by atoms with van der Waals surface area (Å²) in [5, 5.41) is 17.5. The van der Waals surface area contributed by atoms with Crippen LogP contribution in [0.5, 0.6) is 0 Å². The van der Waals surface area contributed by atoms with E-state index >= 15 is 0 Å². The van der Waals surface area contributed by atoms with Crippen LogP contribution in [0.25, 0.3) is 11.7 Å². The van der Waals surface area contributed by atoms with Crippen LogP contribution in [-0.2, 0) is 4.79 Å². The highest BCUT2D eigenvalue weighted by molar-refractivity contribution is 6.01. The van der Waals surface area contributed by atoms with E-state index in [2.05, 4.69) is 15.4 Å². The molecule has 0 spiro atoms. The summed E-state index contributed by atoms with van der Waals surface area (Å²) in [7, 11) is 0. The van der Waals surface area contributed by atoms with Gasteiger partial charge in [0.05, 0.1) is 16.8 Å². The Morgan fingerprint density at radius 3 is 2.71 bits per heavy atom. The van der Waals surface area contributed by atoms with Crippen molar-refractivity contribution in [1.29, 1.82) is 0 Å². The summed E-state index contributed by atoms with van der Waals surface area (Å²) in [6.45, 7) is 1.79. The fourth-order valence-electron chi connectivity index (χ4n) is 2.13. The number of carbonyl (C=O) groups excluding carboxylic acids is 1. The van der Waals surface area contributed by atoms with Crippen molar-refractivity contribution in [1.82, 2.24) is 14.6 Å². The number of benzene rings is 1. The first-order valence-corrected chi connectivity index (χ1v) is 7.08. The quantitative estimate of drug-likeness (QED) is 0.451. The van der Waals surface area contributed by atoms with E-state index in [0.717, 1.165) is 0 Å². The highest BCUT2D eigenvalue weighted by Crippen LogP contribution is 2.13. The number of anilines is 1. The number of hydrogen-bond donors (Lipinski definition) is 1. The number of nitro benzene ring substituents is 1. The lowest BCUT2D eigenvalue weighted by Gasteiger charge is -2.02. The van der Waals surface area contributed by atoms with E-state index in [0.29, 0.717) is 22.7 Å². The molecule has 3 aromatic rings. The Bertz CT molecular complexity index is 944. The van der Waals surface area contributed by atoms with Crippen molar-refractivity contribution in [3.8, 4) is 0 Å². The van der Waals surface area contributed by atoms with Crippen molar-refractivity contribution in [2.75, 3.05) is 5.32 Å². The van der Waals surface area contributed by atoms with E-state index in [9.17, 15) is 14.9 Å². The number of aryl methyl sites for hydroxylation is 1. The number of rotatable bonds is 4. The second-order valence-corrected chi connectivity index (χ2v) is 5.05. The highest BCUT2D eigenvalue weighted by atomic mass is 16.6. The molecule has 0 radical (unpaired) electrons. The predicted octanol–water partition coefficient (Wildman–Crippen LogP) is 2.60. The maximum absolute atomic E-state index is 12.0. The number of non-ortho nitro benzene ring substituents is 1. The summed E-state index contributed by atoms with van der Waals surface area (Å²) >= 11 is 0. The third-order valence-corrected chi connectivity index (χ3v) is 3.24. The second-order valence-electron chi connectivity index (χ2n) is 5.05. The van der Waals surface area contributed by atoms with Crippen LogP contribution < -0.4 is 5.32 Å². The molecule has 8 nitrogen and oxygen atoms in total. The van der Waals surface area contributed by atoms with Gasteiger partial charge in [-0.3, -0.25) is 14.9 Å². The lowest BCUT2D eigenvalue weighted by atomic mass is 10.2. The number of carbonyl (C=O) groups is 1. The molecule has 120 valence electrons. The first-order chi connectivity index (χ1) is 11.5. The van der Waals surface area contributed by atoms with Crippen molar-refractivity contribution >= 4 is 29.0 Å². The fraction of sp³-hybridized carbons (Fsp3) is 0.0625. The number of nitrogens with one attached hydrogen (secondary N) is 1. The lowest BCUT2D eigenvalue weighted by Crippen LogP contribution is -2.08. The normalized spacial score (nSPS) is 11.0. The Morgan fingerprint density at radius 2 is 2.00 bits per heavy atom. The minimum atomic E-state index is -0.470. The summed E-state index contributed by atoms with van der Waals surface area (Å²) < 4.78 is 1.59. The van der Waals surface area contributed by atoms with E-state index in [1.165, 1.54) is 18.2 Å². The van der Waals surface area contributed by atoms with Crippen LogP contribution in [-0.4, -0.2) is 25.4 Å². The smallest absolute Gasteiger partial charge is 0.269 e. The van der Waals surface area contributed by atoms with E-state index in [1.54, 1.807) is 48.0 Å². The molecule has 0 fully saturated rings. The summed E-state index contributed by atoms with van der Waals surface area (Å²) in [4.78, 5) is 26.3. The molecule has 8 heteroatoms. The van der Waals surface area contributed by atoms with Crippen LogP contribution in [0.15, 0.2) is 48.7 Å². The molecule has 0 aliphatic heterocycles. The molecule has 0 atom stereocenters. The van der Waals surface area contributed by atoms with Gasteiger partial charge in [0.1, 0.15) is 5.82 Å². The molecule has 2 heterocycles. The number of hydrogen-bond acceptors (Lipinski definition) is 5. The molecule has 0 saturated heterocycles. The van der Waals surface area contributed by atoms with Gasteiger partial charge in [-0.05, 0) is 42.8 Å². The molecule has 1 N–H and O–H groups in total. The van der Waals surface area contributed by atoms with Gasteiger partial charge in [0.15, 0.2) is 5.65 Å². The van der Waals surface area contributed by atoms with Gasteiger partial charge < -0.3 is 5.32 Å². The minimum absolute atomic E-state index is 0.00743. The van der Waals surface area contributed by atoms with E-state index in [4.69, 9.17) is 0 Å². The van der Waals surface area contributed by atoms with Crippen molar-refractivity contribution in [2.24, 2.45) is 0 Å². The SMILES string of the molecule is Cc1nc2ccc(NC(=O)/C=C/c3ccc([N+](=O)[O-])cc3)cn2n1. The van der Waals surface area contributed by atoms with E-state index in [-0.39, 0.29) is 11.6 Å². The van der Waals surface area contributed by atoms with Gasteiger partial charge in [0.25, 0.3) is 5.69 Å². The molecule has 0 saturated carbocycles. The number of aromatic nitrogens is 3. The van der Waals surface area contributed by atoms with Gasteiger partial charge in [-0.15, -0.1) is 0 Å². The summed E-state index contributed by atoms with van der Waals surface area (Å²) in [6.07, 6.45) is 4.61. The molecule has 0 aliphatic rings. The van der Waals surface area contributed by atoms with Crippen LogP contribution in [0.2, 0.25) is 0 Å². The van der Waals surface area contributed by atoms with Gasteiger partial charge in [-0.1, -0.05) is 0 Å². The molecule has 0 bridgehead atoms. The maximum atomic E-state index is 12.0. The van der Waals surface area contributed by atoms with E-state index in [1.807, 2.05) is 0 Å². The molecule has 0 unspecified atom stereocenters. The van der Waals surface area contributed by atoms with Crippen molar-refractivity contribution in [3.63, 3.8) is 0 Å². The average Bonchev–Trinajstić information content (AvgIpc) is 2.92. The van der Waals surface area contributed by atoms with Crippen LogP contribution in [0.3, 0.4) is 0 Å². The molecule has 2 aromatic heterocycles. The largest absolute Gasteiger partial charge is 0.321 e. The highest BCUT2D eigenvalue weighted by Gasteiger charge is 2.04. The zero-order valence-corrected chi connectivity index (χ0v) is 12.7. The second kappa shape index (κ2) is 6.29. The van der Waals surface area contributed by atoms with Gasteiger partial charge >= 0.3 is 0 Å². The maximum Gasteiger partial charge on any atom is 0.269 e. The Morgan fingerprint density at radius 1 is 1.25 bits per heavy atom. The average molecular weight is 323 g/mol. The van der Waals surface area contributed by atoms with Crippen LogP contribution in [0.4, 0.5) is 11.4 Å². The van der Waals surface area contributed by atoms with Gasteiger partial charge in [0, 0.05) is 18.2 Å². The van der Waals surface area contributed by atoms with Gasteiger partial charge in [0.2, 0.25) is 5.91 Å². The lowest BCUT2D eigenvalue weighted by molar-refractivity contribution is -0.384. The number of nitrogens with zero attached hydrogens (tertiary/aromatic N) is 4. The number of fused-ring (bicyclic) bond motifs is 1. The molecule has 3 rings (SSSR count). The molecule has 1 amide bonds. The Balaban J connectivity index is 1.68. The van der Waals surface area contributed by atoms with Gasteiger partial charge in [-0.25, -0.2) is 9.50 Å². The number of amides is 1. The fourth-order valence-corrected chi connectivity index (χ4v) is 2.13. The first-order valence-electron chi connectivity index (χ1n) is 7.08. The first kappa shape index (κ1) is 15.3. The minimum Gasteiger partial charge on any atom is -0.321 e. The number of pyridine rings is 1. The standard InChI is InChI=1S/C16H13N5O3/c1-11-17-15-8-5-13(10-20(15)19-11)18-16(22)9-4-12-2-6-14(7-3-12)21(23)24/h2-10H,1H3,(H,18,22)/b9-4+. The van der Waals surface area contributed by atoms with Crippen molar-refractivity contribution in [2.45, 2.75) is 6.92 Å². The Hall–Kier alpha value is -3.55. The zero-order valence-electron chi connectivity index (χ0n) is 12.7. The molecular formula is C16H13N5O3. The third kappa shape index (κ3) is 3.43. The Kier molecular flexibility index (Phi) is 4.02. The van der Waals surface area contributed by atoms with Gasteiger partial charge in [-0.2, -0.15) is 5.10 Å². The summed E-state index contributed by atoms with van der Waals surface area (Å²) in [5.41, 5.74) is 1.99. The predicted molar refractivity (Wildman–Crippen MR) is 88.5 cm³/mol. The van der Waals surface area contributed by atoms with E-state index < -0.39 is 4.92 Å². The van der Waals surface area contributed by atoms with Crippen molar-refractivity contribution < 1.29 is 9.72 Å². The summed E-state index contributed by atoms with van der Waals surface area (Å²) in [6, 6.07) is 9.42. The third-order valence-electron chi connectivity index (χ3n) is 3.24. The molecular weight excluding hydrogens is 310 g/mol. The molecule has 0 aliphatic carbocycles. The Labute approximate surface area is 136 Å². The summed E-state index contributed by atoms with van der Waals surface area (Å²) in [5.74, 6) is 0.334. The van der Waals surface area contributed by atoms with Crippen molar-refractivity contribution in [3.05, 3.63) is 70.2 Å². The molecule has 24 heavy (non-hydrogen) atoms. The van der Waals surface area contributed by atoms with Crippen LogP contribution >= 0.6 is 0 Å². The number of nitro groups is 1. The van der Waals surface area contributed by atoms with Crippen LogP contribution in [0, 0.1) is 17.0 Å². The topological polar surface area (TPSA) is 102 Å².